The average Bonchev–Trinajstić information content (AvgIpc) is 2.82. The summed E-state index contributed by atoms with van der Waals surface area (Å²) in [5.41, 5.74) is 1.10. The number of ether oxygens (including phenoxy) is 1. The van der Waals surface area contributed by atoms with Crippen molar-refractivity contribution in [2.24, 2.45) is 7.05 Å². The van der Waals surface area contributed by atoms with Gasteiger partial charge in [-0.05, 0) is 24.1 Å². The van der Waals surface area contributed by atoms with Crippen molar-refractivity contribution < 1.29 is 18.3 Å². The van der Waals surface area contributed by atoms with Crippen LogP contribution in [0.2, 0.25) is 0 Å². The summed E-state index contributed by atoms with van der Waals surface area (Å²) < 4.78 is 30.5. The summed E-state index contributed by atoms with van der Waals surface area (Å²) in [5.74, 6) is -0.316. The molecule has 0 N–H and O–H groups in total. The fraction of sp³-hybridized carbons (Fsp3) is 0.286. The lowest BCUT2D eigenvalue weighted by Gasteiger charge is -2.09. The lowest BCUT2D eigenvalue weighted by Crippen LogP contribution is -2.08. The summed E-state index contributed by atoms with van der Waals surface area (Å²) in [6.45, 7) is -2.94. The third kappa shape index (κ3) is 3.63. The van der Waals surface area contributed by atoms with Crippen molar-refractivity contribution in [1.82, 2.24) is 9.78 Å². The standard InChI is InChI=1S/C14H14F2N2O2/c1-18-9-10(8-17-18)6-7-12(19)11-4-2-3-5-13(11)20-14(15)16/h2-5,8-9,14H,6-7H2,1H3. The monoisotopic (exact) mass is 280 g/mol. The number of aromatic nitrogens is 2. The summed E-state index contributed by atoms with van der Waals surface area (Å²) in [7, 11) is 1.79. The van der Waals surface area contributed by atoms with E-state index in [1.807, 2.05) is 6.20 Å². The molecular formula is C14H14F2N2O2. The number of alkyl halides is 2. The number of halogens is 2. The number of para-hydroxylation sites is 1. The van der Waals surface area contributed by atoms with Crippen molar-refractivity contribution in [2.45, 2.75) is 19.5 Å². The molecule has 0 amide bonds. The largest absolute Gasteiger partial charge is 0.434 e. The van der Waals surface area contributed by atoms with E-state index in [0.717, 1.165) is 5.56 Å². The van der Waals surface area contributed by atoms with E-state index in [1.165, 1.54) is 12.1 Å². The molecule has 0 unspecified atom stereocenters. The van der Waals surface area contributed by atoms with Gasteiger partial charge in [-0.3, -0.25) is 9.48 Å². The Kier molecular flexibility index (Phi) is 4.45. The molecule has 0 saturated heterocycles. The van der Waals surface area contributed by atoms with Crippen LogP contribution in [0.4, 0.5) is 8.78 Å². The van der Waals surface area contributed by atoms with Crippen LogP contribution in [0.25, 0.3) is 0 Å². The lowest BCUT2D eigenvalue weighted by atomic mass is 10.0. The van der Waals surface area contributed by atoms with Crippen LogP contribution in [-0.2, 0) is 13.5 Å². The number of ketones is 1. The van der Waals surface area contributed by atoms with E-state index in [2.05, 4.69) is 9.84 Å². The highest BCUT2D eigenvalue weighted by Crippen LogP contribution is 2.22. The highest BCUT2D eigenvalue weighted by atomic mass is 19.3. The van der Waals surface area contributed by atoms with Crippen molar-refractivity contribution in [1.29, 1.82) is 0 Å². The Hall–Kier alpha value is -2.24. The normalized spacial score (nSPS) is 10.8. The average molecular weight is 280 g/mol. The molecule has 0 aliphatic heterocycles. The topological polar surface area (TPSA) is 44.1 Å². The number of nitrogens with zero attached hydrogens (tertiary/aromatic N) is 2. The predicted molar refractivity (Wildman–Crippen MR) is 68.9 cm³/mol. The van der Waals surface area contributed by atoms with E-state index in [9.17, 15) is 13.6 Å². The van der Waals surface area contributed by atoms with Gasteiger partial charge in [-0.1, -0.05) is 12.1 Å². The van der Waals surface area contributed by atoms with Crippen LogP contribution in [0.1, 0.15) is 22.3 Å². The van der Waals surface area contributed by atoms with E-state index in [4.69, 9.17) is 0 Å². The molecule has 20 heavy (non-hydrogen) atoms. The van der Waals surface area contributed by atoms with E-state index >= 15 is 0 Å². The van der Waals surface area contributed by atoms with Gasteiger partial charge in [-0.15, -0.1) is 0 Å². The molecule has 0 radical (unpaired) electrons. The zero-order chi connectivity index (χ0) is 14.5. The van der Waals surface area contributed by atoms with Gasteiger partial charge in [-0.2, -0.15) is 13.9 Å². The zero-order valence-electron chi connectivity index (χ0n) is 10.9. The van der Waals surface area contributed by atoms with E-state index in [0.29, 0.717) is 6.42 Å². The number of aryl methyl sites for hydroxylation is 2. The molecule has 2 aromatic rings. The fourth-order valence-corrected chi connectivity index (χ4v) is 1.89. The molecule has 0 atom stereocenters. The van der Waals surface area contributed by atoms with Crippen molar-refractivity contribution in [2.75, 3.05) is 0 Å². The maximum Gasteiger partial charge on any atom is 0.387 e. The van der Waals surface area contributed by atoms with Crippen molar-refractivity contribution in [3.05, 3.63) is 47.8 Å². The molecule has 0 spiro atoms. The molecule has 0 bridgehead atoms. The quantitative estimate of drug-likeness (QED) is 0.764. The van der Waals surface area contributed by atoms with Gasteiger partial charge in [0.05, 0.1) is 11.8 Å². The van der Waals surface area contributed by atoms with Crippen molar-refractivity contribution in [3.8, 4) is 5.75 Å². The predicted octanol–water partition coefficient (Wildman–Crippen LogP) is 2.84. The van der Waals surface area contributed by atoms with Crippen LogP contribution in [0.5, 0.6) is 5.75 Å². The van der Waals surface area contributed by atoms with Gasteiger partial charge in [-0.25, -0.2) is 0 Å². The highest BCUT2D eigenvalue weighted by molar-refractivity contribution is 5.98. The van der Waals surface area contributed by atoms with Crippen LogP contribution in [0, 0.1) is 0 Å². The molecule has 0 saturated carbocycles. The SMILES string of the molecule is Cn1cc(CCC(=O)c2ccccc2OC(F)F)cn1. The number of benzene rings is 1. The minimum atomic E-state index is -2.94. The van der Waals surface area contributed by atoms with Gasteiger partial charge >= 0.3 is 6.61 Å². The Bertz CT molecular complexity index is 596. The molecule has 1 heterocycles. The molecule has 1 aromatic heterocycles. The van der Waals surface area contributed by atoms with E-state index in [-0.39, 0.29) is 23.5 Å². The first-order valence-corrected chi connectivity index (χ1v) is 6.11. The molecular weight excluding hydrogens is 266 g/mol. The molecule has 2 rings (SSSR count). The lowest BCUT2D eigenvalue weighted by molar-refractivity contribution is -0.0501. The zero-order valence-corrected chi connectivity index (χ0v) is 10.9. The first-order valence-electron chi connectivity index (χ1n) is 6.11. The molecule has 1 aromatic carbocycles. The number of hydrogen-bond acceptors (Lipinski definition) is 3. The molecule has 0 fully saturated rings. The van der Waals surface area contributed by atoms with Gasteiger partial charge in [0.2, 0.25) is 0 Å². The number of Topliss-reactive ketones (excluding diaryl/α,β-unsaturated/α-hetero) is 1. The Morgan fingerprint density at radius 1 is 1.40 bits per heavy atom. The second-order valence-electron chi connectivity index (χ2n) is 4.32. The number of rotatable bonds is 6. The first-order chi connectivity index (χ1) is 9.56. The molecule has 4 nitrogen and oxygen atoms in total. The third-order valence-electron chi connectivity index (χ3n) is 2.80. The number of carbonyl (C=O) groups is 1. The maximum absolute atomic E-state index is 12.3. The first kappa shape index (κ1) is 14.2. The van der Waals surface area contributed by atoms with Gasteiger partial charge < -0.3 is 4.74 Å². The van der Waals surface area contributed by atoms with Gasteiger partial charge in [0, 0.05) is 19.7 Å². The number of hydrogen-bond donors (Lipinski definition) is 0. The van der Waals surface area contributed by atoms with Crippen LogP contribution >= 0.6 is 0 Å². The van der Waals surface area contributed by atoms with Crippen LogP contribution < -0.4 is 4.74 Å². The Morgan fingerprint density at radius 3 is 2.80 bits per heavy atom. The van der Waals surface area contributed by atoms with Crippen LogP contribution in [0.3, 0.4) is 0 Å². The second-order valence-corrected chi connectivity index (χ2v) is 4.32. The summed E-state index contributed by atoms with van der Waals surface area (Å²) in [6.07, 6.45) is 4.22. The summed E-state index contributed by atoms with van der Waals surface area (Å²) in [5, 5.41) is 4.01. The smallest absolute Gasteiger partial charge is 0.387 e. The van der Waals surface area contributed by atoms with E-state index in [1.54, 1.807) is 30.1 Å². The summed E-state index contributed by atoms with van der Waals surface area (Å²) >= 11 is 0. The van der Waals surface area contributed by atoms with Crippen molar-refractivity contribution in [3.63, 3.8) is 0 Å². The van der Waals surface area contributed by atoms with Gasteiger partial charge in [0.15, 0.2) is 5.78 Å². The number of carbonyl (C=O) groups excluding carboxylic acids is 1. The Morgan fingerprint density at radius 2 is 2.15 bits per heavy atom. The molecule has 0 aliphatic carbocycles. The minimum absolute atomic E-state index is 0.0845. The third-order valence-corrected chi connectivity index (χ3v) is 2.80. The summed E-state index contributed by atoms with van der Waals surface area (Å²) in [4.78, 5) is 12.1. The van der Waals surface area contributed by atoms with Crippen molar-refractivity contribution >= 4 is 5.78 Å². The molecule has 106 valence electrons. The fourth-order valence-electron chi connectivity index (χ4n) is 1.89. The van der Waals surface area contributed by atoms with Crippen LogP contribution in [-0.4, -0.2) is 22.2 Å². The summed E-state index contributed by atoms with van der Waals surface area (Å²) in [6, 6.07) is 6.03. The Balaban J connectivity index is 2.05. The molecule has 0 aliphatic rings. The second kappa shape index (κ2) is 6.27. The van der Waals surface area contributed by atoms with Crippen LogP contribution in [0.15, 0.2) is 36.7 Å². The van der Waals surface area contributed by atoms with Gasteiger partial charge in [0.1, 0.15) is 5.75 Å². The minimum Gasteiger partial charge on any atom is -0.434 e. The van der Waals surface area contributed by atoms with Gasteiger partial charge in [0.25, 0.3) is 0 Å². The van der Waals surface area contributed by atoms with E-state index < -0.39 is 6.61 Å². The Labute approximate surface area is 115 Å². The highest BCUT2D eigenvalue weighted by Gasteiger charge is 2.15. The maximum atomic E-state index is 12.3. The molecule has 6 heteroatoms.